The molecule has 2 aliphatic rings. The van der Waals surface area contributed by atoms with Crippen molar-refractivity contribution >= 4 is 16.6 Å². The fourth-order valence-electron chi connectivity index (χ4n) is 3.61. The number of rotatable bonds is 3. The summed E-state index contributed by atoms with van der Waals surface area (Å²) in [6, 6.07) is 6.73. The molecule has 8 heteroatoms. The van der Waals surface area contributed by atoms with E-state index >= 15 is 0 Å². The summed E-state index contributed by atoms with van der Waals surface area (Å²) in [6.45, 7) is -0.456. The fraction of sp³-hybridized carbons (Fsp3) is 0.444. The van der Waals surface area contributed by atoms with Crippen LogP contribution in [0.5, 0.6) is 5.75 Å². The molecule has 2 aliphatic heterocycles. The number of alkyl halides is 2. The number of aromatic nitrogens is 1. The molecule has 136 valence electrons. The largest absolute Gasteiger partial charge is 0.435 e. The molecule has 2 saturated heterocycles. The smallest absolute Gasteiger partial charge is 0.387 e. The lowest BCUT2D eigenvalue weighted by atomic mass is 10.0. The number of ether oxygens (including phenoxy) is 3. The molecule has 0 unspecified atom stereocenters. The fourth-order valence-corrected chi connectivity index (χ4v) is 3.61. The maximum absolute atomic E-state index is 12.6. The highest BCUT2D eigenvalue weighted by Gasteiger charge is 2.40. The molecule has 2 aromatic rings. The molecule has 0 aliphatic carbocycles. The number of nitrogens with zero attached hydrogens (tertiary/aromatic N) is 3. The zero-order valence-corrected chi connectivity index (χ0v) is 14.0. The first-order chi connectivity index (χ1) is 12.6. The molecule has 2 fully saturated rings. The van der Waals surface area contributed by atoms with Gasteiger partial charge in [-0.3, -0.25) is 4.98 Å². The molecular formula is C18H17F2N3O3. The minimum Gasteiger partial charge on any atom is -0.435 e. The molecule has 0 amide bonds. The van der Waals surface area contributed by atoms with E-state index in [1.165, 1.54) is 18.3 Å². The van der Waals surface area contributed by atoms with Gasteiger partial charge in [0, 0.05) is 37.5 Å². The van der Waals surface area contributed by atoms with Crippen LogP contribution in [0, 0.1) is 11.3 Å². The molecule has 6 nitrogen and oxygen atoms in total. The van der Waals surface area contributed by atoms with Crippen LogP contribution in [-0.2, 0) is 9.47 Å². The zero-order valence-electron chi connectivity index (χ0n) is 14.0. The van der Waals surface area contributed by atoms with E-state index in [2.05, 4.69) is 20.7 Å². The third-order valence-corrected chi connectivity index (χ3v) is 4.81. The molecule has 1 spiro atoms. The average Bonchev–Trinajstić information content (AvgIpc) is 3.09. The van der Waals surface area contributed by atoms with Gasteiger partial charge in [0.05, 0.1) is 30.0 Å². The van der Waals surface area contributed by atoms with Crippen molar-refractivity contribution in [3.8, 4) is 11.8 Å². The molecule has 26 heavy (non-hydrogen) atoms. The summed E-state index contributed by atoms with van der Waals surface area (Å²) in [5, 5.41) is 10.1. The third-order valence-electron chi connectivity index (χ3n) is 4.81. The van der Waals surface area contributed by atoms with Crippen LogP contribution in [-0.4, -0.2) is 43.7 Å². The van der Waals surface area contributed by atoms with Crippen molar-refractivity contribution in [1.29, 1.82) is 5.26 Å². The Bertz CT molecular complexity index is 853. The van der Waals surface area contributed by atoms with Crippen LogP contribution in [0.15, 0.2) is 24.4 Å². The Morgan fingerprint density at radius 3 is 2.62 bits per heavy atom. The van der Waals surface area contributed by atoms with Crippen LogP contribution in [0.2, 0.25) is 0 Å². The average molecular weight is 361 g/mol. The van der Waals surface area contributed by atoms with E-state index in [1.54, 1.807) is 6.07 Å². The quantitative estimate of drug-likeness (QED) is 0.837. The summed E-state index contributed by atoms with van der Waals surface area (Å²) >= 11 is 0. The number of fused-ring (bicyclic) bond motifs is 1. The molecular weight excluding hydrogens is 344 g/mol. The van der Waals surface area contributed by atoms with Crippen molar-refractivity contribution in [2.24, 2.45) is 0 Å². The molecule has 0 atom stereocenters. The van der Waals surface area contributed by atoms with E-state index in [4.69, 9.17) is 9.47 Å². The second-order valence-electron chi connectivity index (χ2n) is 6.28. The topological polar surface area (TPSA) is 67.6 Å². The first-order valence-electron chi connectivity index (χ1n) is 8.41. The molecule has 1 aromatic carbocycles. The predicted octanol–water partition coefficient (Wildman–Crippen LogP) is 3.05. The highest BCUT2D eigenvalue weighted by atomic mass is 19.3. The van der Waals surface area contributed by atoms with Gasteiger partial charge >= 0.3 is 6.61 Å². The Morgan fingerprint density at radius 2 is 1.96 bits per heavy atom. The van der Waals surface area contributed by atoms with Gasteiger partial charge in [0.15, 0.2) is 5.79 Å². The Morgan fingerprint density at radius 1 is 1.23 bits per heavy atom. The molecule has 0 saturated carbocycles. The van der Waals surface area contributed by atoms with Gasteiger partial charge < -0.3 is 19.1 Å². The van der Waals surface area contributed by atoms with Gasteiger partial charge in [-0.05, 0) is 18.2 Å². The number of benzene rings is 1. The number of hydrogen-bond acceptors (Lipinski definition) is 6. The van der Waals surface area contributed by atoms with Crippen molar-refractivity contribution in [1.82, 2.24) is 4.98 Å². The zero-order chi connectivity index (χ0) is 18.1. The van der Waals surface area contributed by atoms with Gasteiger partial charge in [-0.15, -0.1) is 0 Å². The first-order valence-corrected chi connectivity index (χ1v) is 8.41. The van der Waals surface area contributed by atoms with Crippen molar-refractivity contribution in [2.45, 2.75) is 25.2 Å². The van der Waals surface area contributed by atoms with Gasteiger partial charge in [-0.2, -0.15) is 14.0 Å². The highest BCUT2D eigenvalue weighted by molar-refractivity contribution is 5.95. The van der Waals surface area contributed by atoms with Crippen LogP contribution in [0.4, 0.5) is 14.5 Å². The Kier molecular flexibility index (Phi) is 4.34. The lowest BCUT2D eigenvalue weighted by molar-refractivity contribution is -0.169. The van der Waals surface area contributed by atoms with Crippen molar-refractivity contribution in [3.63, 3.8) is 0 Å². The molecule has 1 aromatic heterocycles. The predicted molar refractivity (Wildman–Crippen MR) is 89.2 cm³/mol. The summed E-state index contributed by atoms with van der Waals surface area (Å²) in [4.78, 5) is 6.32. The summed E-state index contributed by atoms with van der Waals surface area (Å²) < 4.78 is 41.1. The summed E-state index contributed by atoms with van der Waals surface area (Å²) in [7, 11) is 0. The Balaban J connectivity index is 1.71. The Labute approximate surface area is 148 Å². The molecule has 4 rings (SSSR count). The highest BCUT2D eigenvalue weighted by Crippen LogP contribution is 2.37. The van der Waals surface area contributed by atoms with Gasteiger partial charge in [0.1, 0.15) is 11.8 Å². The van der Waals surface area contributed by atoms with Crippen LogP contribution in [0.1, 0.15) is 18.4 Å². The van der Waals surface area contributed by atoms with E-state index in [-0.39, 0.29) is 5.75 Å². The normalized spacial score (nSPS) is 19.2. The number of anilines is 1. The monoisotopic (exact) mass is 361 g/mol. The van der Waals surface area contributed by atoms with E-state index < -0.39 is 12.4 Å². The van der Waals surface area contributed by atoms with Crippen LogP contribution < -0.4 is 9.64 Å². The minimum atomic E-state index is -2.91. The Hall–Kier alpha value is -2.50. The van der Waals surface area contributed by atoms with Crippen LogP contribution in [0.25, 0.3) is 10.9 Å². The van der Waals surface area contributed by atoms with Crippen molar-refractivity contribution < 1.29 is 23.0 Å². The van der Waals surface area contributed by atoms with Crippen molar-refractivity contribution in [3.05, 3.63) is 30.0 Å². The number of nitriles is 1. The SMILES string of the molecule is N#Cc1cnc2ccc(OC(F)F)cc2c1N1CCC2(CC1)OCCO2. The molecule has 0 bridgehead atoms. The standard InChI is InChI=1S/C18H17F2N3O3/c19-17(20)26-13-1-2-15-14(9-13)16(12(10-21)11-22-15)23-5-3-18(4-6-23)24-7-8-25-18/h1-2,9,11,17H,3-8H2. The molecule has 3 heterocycles. The van der Waals surface area contributed by atoms with Crippen molar-refractivity contribution in [2.75, 3.05) is 31.2 Å². The third kappa shape index (κ3) is 3.04. The number of hydrogen-bond donors (Lipinski definition) is 0. The van der Waals surface area contributed by atoms with E-state index in [0.717, 1.165) is 0 Å². The summed E-state index contributed by atoms with van der Waals surface area (Å²) in [6.07, 6.45) is 2.86. The van der Waals surface area contributed by atoms with Gasteiger partial charge in [0.2, 0.25) is 0 Å². The van der Waals surface area contributed by atoms with Crippen LogP contribution in [0.3, 0.4) is 0 Å². The van der Waals surface area contributed by atoms with E-state index in [9.17, 15) is 14.0 Å². The molecule has 0 N–H and O–H groups in total. The van der Waals surface area contributed by atoms with Crippen LogP contribution >= 0.6 is 0 Å². The second kappa shape index (κ2) is 6.67. The first kappa shape index (κ1) is 16.9. The van der Waals surface area contributed by atoms with E-state index in [0.29, 0.717) is 61.3 Å². The second-order valence-corrected chi connectivity index (χ2v) is 6.28. The lowest BCUT2D eigenvalue weighted by Crippen LogP contribution is -2.45. The lowest BCUT2D eigenvalue weighted by Gasteiger charge is -2.39. The molecule has 0 radical (unpaired) electrons. The maximum atomic E-state index is 12.6. The summed E-state index contributed by atoms with van der Waals surface area (Å²) in [5.74, 6) is -0.489. The number of halogens is 2. The van der Waals surface area contributed by atoms with Gasteiger partial charge in [-0.25, -0.2) is 0 Å². The van der Waals surface area contributed by atoms with Gasteiger partial charge in [-0.1, -0.05) is 0 Å². The number of piperidine rings is 1. The van der Waals surface area contributed by atoms with E-state index in [1.807, 2.05) is 0 Å². The van der Waals surface area contributed by atoms with Gasteiger partial charge in [0.25, 0.3) is 0 Å². The maximum Gasteiger partial charge on any atom is 0.387 e. The summed E-state index contributed by atoms with van der Waals surface area (Å²) in [5.41, 5.74) is 1.70. The minimum absolute atomic E-state index is 0.0431. The number of pyridine rings is 1.